The molecule has 4 aromatic rings. The van der Waals surface area contributed by atoms with Crippen molar-refractivity contribution < 1.29 is 8.42 Å². The van der Waals surface area contributed by atoms with Gasteiger partial charge in [-0.25, -0.2) is 13.1 Å². The largest absolute Gasteiger partial charge is 0.311 e. The Bertz CT molecular complexity index is 1280. The smallest absolute Gasteiger partial charge is 0.241 e. The molecule has 31 heavy (non-hydrogen) atoms. The molecule has 0 saturated heterocycles. The van der Waals surface area contributed by atoms with Crippen LogP contribution in [0.5, 0.6) is 0 Å². The van der Waals surface area contributed by atoms with E-state index in [2.05, 4.69) is 70.5 Å². The zero-order valence-electron chi connectivity index (χ0n) is 17.4. The fourth-order valence-electron chi connectivity index (χ4n) is 3.55. The normalized spacial score (nSPS) is 11.6. The molecule has 0 aliphatic carbocycles. The summed E-state index contributed by atoms with van der Waals surface area (Å²) in [6.07, 6.45) is 3.27. The molecule has 0 saturated carbocycles. The van der Waals surface area contributed by atoms with Gasteiger partial charge in [0.1, 0.15) is 0 Å². The number of benzene rings is 3. The van der Waals surface area contributed by atoms with Crippen LogP contribution in [0.2, 0.25) is 0 Å². The highest BCUT2D eigenvalue weighted by Gasteiger charge is 2.16. The average Bonchev–Trinajstić information content (AvgIpc) is 2.79. The molecule has 1 aromatic heterocycles. The molecule has 5 nitrogen and oxygen atoms in total. The van der Waals surface area contributed by atoms with Crippen molar-refractivity contribution in [3.05, 3.63) is 96.3 Å². The van der Waals surface area contributed by atoms with Crippen molar-refractivity contribution >= 4 is 20.8 Å². The second kappa shape index (κ2) is 9.39. The van der Waals surface area contributed by atoms with Crippen LogP contribution in [-0.4, -0.2) is 26.5 Å². The zero-order chi connectivity index (χ0) is 21.7. The van der Waals surface area contributed by atoms with Gasteiger partial charge in [0.15, 0.2) is 0 Å². The van der Waals surface area contributed by atoms with E-state index in [4.69, 9.17) is 0 Å². The quantitative estimate of drug-likeness (QED) is 0.409. The molecule has 6 heteroatoms. The van der Waals surface area contributed by atoms with Gasteiger partial charge in [-0.2, -0.15) is 0 Å². The lowest BCUT2D eigenvalue weighted by Gasteiger charge is -2.10. The van der Waals surface area contributed by atoms with E-state index in [9.17, 15) is 8.42 Å². The Labute approximate surface area is 183 Å². The van der Waals surface area contributed by atoms with Gasteiger partial charge in [0, 0.05) is 42.8 Å². The Morgan fingerprint density at radius 2 is 1.68 bits per heavy atom. The van der Waals surface area contributed by atoms with Crippen LogP contribution in [0, 0.1) is 6.92 Å². The molecule has 0 bridgehead atoms. The summed E-state index contributed by atoms with van der Waals surface area (Å²) in [5, 5.41) is 4.77. The van der Waals surface area contributed by atoms with Crippen LogP contribution in [0.3, 0.4) is 0 Å². The van der Waals surface area contributed by atoms with Crippen LogP contribution < -0.4 is 10.0 Å². The minimum Gasteiger partial charge on any atom is -0.311 e. The van der Waals surface area contributed by atoms with Crippen LogP contribution in [0.15, 0.2) is 90.1 Å². The van der Waals surface area contributed by atoms with Crippen molar-refractivity contribution in [3.8, 4) is 11.1 Å². The van der Waals surface area contributed by atoms with Gasteiger partial charge in [0.05, 0.1) is 4.90 Å². The molecule has 0 spiro atoms. The summed E-state index contributed by atoms with van der Waals surface area (Å²) in [7, 11) is -3.59. The van der Waals surface area contributed by atoms with E-state index in [-0.39, 0.29) is 4.90 Å². The molecule has 0 amide bonds. The summed E-state index contributed by atoms with van der Waals surface area (Å²) >= 11 is 0. The number of hydrogen-bond acceptors (Lipinski definition) is 4. The van der Waals surface area contributed by atoms with E-state index in [1.54, 1.807) is 30.6 Å². The maximum absolute atomic E-state index is 12.7. The Morgan fingerprint density at radius 1 is 0.871 bits per heavy atom. The lowest BCUT2D eigenvalue weighted by molar-refractivity contribution is 0.577. The average molecular weight is 432 g/mol. The minimum absolute atomic E-state index is 0.277. The van der Waals surface area contributed by atoms with E-state index < -0.39 is 10.0 Å². The van der Waals surface area contributed by atoms with Crippen molar-refractivity contribution in [1.82, 2.24) is 15.0 Å². The Morgan fingerprint density at radius 3 is 2.48 bits per heavy atom. The van der Waals surface area contributed by atoms with E-state index in [0.717, 1.165) is 10.9 Å². The Balaban J connectivity index is 1.30. The van der Waals surface area contributed by atoms with Crippen LogP contribution in [0.4, 0.5) is 0 Å². The van der Waals surface area contributed by atoms with Crippen LogP contribution in [0.1, 0.15) is 11.1 Å². The minimum atomic E-state index is -3.59. The van der Waals surface area contributed by atoms with Gasteiger partial charge in [0.25, 0.3) is 0 Å². The van der Waals surface area contributed by atoms with Crippen molar-refractivity contribution in [1.29, 1.82) is 0 Å². The van der Waals surface area contributed by atoms with Gasteiger partial charge in [-0.3, -0.25) is 4.98 Å². The summed E-state index contributed by atoms with van der Waals surface area (Å²) in [5.74, 6) is 0. The van der Waals surface area contributed by atoms with Gasteiger partial charge in [-0.1, -0.05) is 66.2 Å². The standard InChI is InChI=1S/C25H25N3O2S/c1-19-4-2-5-22(16-19)21-10-8-20(9-11-21)17-27-14-15-28-31(29,30)25-7-3-6-23-18-26-13-12-24(23)25/h2-13,16,18,27-28H,14-15,17H2,1H3. The number of nitrogens with one attached hydrogen (secondary N) is 2. The molecule has 0 atom stereocenters. The first-order valence-electron chi connectivity index (χ1n) is 10.2. The molecular weight excluding hydrogens is 406 g/mol. The Hall–Kier alpha value is -3.06. The molecular formula is C25H25N3O2S. The number of hydrogen-bond donors (Lipinski definition) is 2. The molecule has 1 heterocycles. The summed E-state index contributed by atoms with van der Waals surface area (Å²) in [4.78, 5) is 4.33. The third-order valence-corrected chi connectivity index (χ3v) is 6.68. The van der Waals surface area contributed by atoms with Gasteiger partial charge >= 0.3 is 0 Å². The second-order valence-corrected chi connectivity index (χ2v) is 9.23. The molecule has 0 radical (unpaired) electrons. The van der Waals surface area contributed by atoms with E-state index in [1.807, 2.05) is 6.07 Å². The second-order valence-electron chi connectivity index (χ2n) is 7.49. The number of fused-ring (bicyclic) bond motifs is 1. The third-order valence-electron chi connectivity index (χ3n) is 5.16. The number of sulfonamides is 1. The fraction of sp³-hybridized carbons (Fsp3) is 0.160. The summed E-state index contributed by atoms with van der Waals surface area (Å²) in [6.45, 7) is 3.61. The predicted molar refractivity (Wildman–Crippen MR) is 125 cm³/mol. The SMILES string of the molecule is Cc1cccc(-c2ccc(CNCCNS(=O)(=O)c3cccc4cnccc34)cc2)c1. The van der Waals surface area contributed by atoms with Gasteiger partial charge < -0.3 is 5.32 Å². The molecule has 0 aliphatic rings. The third kappa shape index (κ3) is 5.17. The van der Waals surface area contributed by atoms with Crippen LogP contribution in [0.25, 0.3) is 21.9 Å². The summed E-state index contributed by atoms with van der Waals surface area (Å²) in [6, 6.07) is 23.8. The first-order chi connectivity index (χ1) is 15.0. The first kappa shape index (κ1) is 21.2. The van der Waals surface area contributed by atoms with Gasteiger partial charge in [-0.15, -0.1) is 0 Å². The molecule has 0 fully saturated rings. The highest BCUT2D eigenvalue weighted by atomic mass is 32.2. The summed E-state index contributed by atoms with van der Waals surface area (Å²) in [5.41, 5.74) is 4.79. The van der Waals surface area contributed by atoms with Crippen molar-refractivity contribution in [2.24, 2.45) is 0 Å². The van der Waals surface area contributed by atoms with E-state index in [1.165, 1.54) is 16.7 Å². The number of rotatable bonds is 8. The maximum atomic E-state index is 12.7. The molecule has 2 N–H and O–H groups in total. The van der Waals surface area contributed by atoms with Gasteiger partial charge in [-0.05, 0) is 35.7 Å². The first-order valence-corrected chi connectivity index (χ1v) is 11.7. The number of aryl methyl sites for hydroxylation is 1. The van der Waals surface area contributed by atoms with Crippen LogP contribution in [-0.2, 0) is 16.6 Å². The fourth-order valence-corrected chi connectivity index (χ4v) is 4.81. The lowest BCUT2D eigenvalue weighted by Crippen LogP contribution is -2.31. The zero-order valence-corrected chi connectivity index (χ0v) is 18.2. The number of pyridine rings is 1. The van der Waals surface area contributed by atoms with Crippen LogP contribution >= 0.6 is 0 Å². The van der Waals surface area contributed by atoms with Crippen molar-refractivity contribution in [2.75, 3.05) is 13.1 Å². The molecule has 0 unspecified atom stereocenters. The summed E-state index contributed by atoms with van der Waals surface area (Å²) < 4.78 is 28.1. The molecule has 3 aromatic carbocycles. The molecule has 4 rings (SSSR count). The number of aromatic nitrogens is 1. The van der Waals surface area contributed by atoms with Crippen molar-refractivity contribution in [3.63, 3.8) is 0 Å². The van der Waals surface area contributed by atoms with E-state index >= 15 is 0 Å². The predicted octanol–water partition coefficient (Wildman–Crippen LogP) is 4.28. The topological polar surface area (TPSA) is 71.1 Å². The monoisotopic (exact) mass is 431 g/mol. The maximum Gasteiger partial charge on any atom is 0.241 e. The molecule has 158 valence electrons. The van der Waals surface area contributed by atoms with Gasteiger partial charge in [0.2, 0.25) is 10.0 Å². The number of nitrogens with zero attached hydrogens (tertiary/aromatic N) is 1. The highest BCUT2D eigenvalue weighted by Crippen LogP contribution is 2.22. The molecule has 0 aliphatic heterocycles. The highest BCUT2D eigenvalue weighted by molar-refractivity contribution is 7.89. The lowest BCUT2D eigenvalue weighted by atomic mass is 10.0. The Kier molecular flexibility index (Phi) is 6.42. The van der Waals surface area contributed by atoms with E-state index in [0.29, 0.717) is 25.0 Å². The van der Waals surface area contributed by atoms with Crippen molar-refractivity contribution in [2.45, 2.75) is 18.4 Å².